The summed E-state index contributed by atoms with van der Waals surface area (Å²) >= 11 is 0. The maximum Gasteiger partial charge on any atom is 0.303 e. The van der Waals surface area contributed by atoms with Crippen LogP contribution in [-0.2, 0) is 4.79 Å². The number of hydrogen-bond donors (Lipinski definition) is 3. The number of carboxylic acids is 1. The van der Waals surface area contributed by atoms with Crippen molar-refractivity contribution in [3.05, 3.63) is 60.8 Å². The summed E-state index contributed by atoms with van der Waals surface area (Å²) in [6.07, 6.45) is 23.4. The van der Waals surface area contributed by atoms with E-state index in [-0.39, 0.29) is 6.42 Å². The Labute approximate surface area is 157 Å². The minimum atomic E-state index is -0.775. The number of aliphatic carboxylic acids is 1. The van der Waals surface area contributed by atoms with Gasteiger partial charge >= 0.3 is 5.97 Å². The first-order chi connectivity index (χ1) is 12.6. The summed E-state index contributed by atoms with van der Waals surface area (Å²) < 4.78 is 0. The SMILES string of the molecule is CC/C=C\C/C=C\C[C@H](O)[C@@H](O)C/C=C\C/C=C\C/C=C\CCC(=O)O. The van der Waals surface area contributed by atoms with Crippen LogP contribution in [0.25, 0.3) is 0 Å². The van der Waals surface area contributed by atoms with Crippen molar-refractivity contribution in [2.45, 2.75) is 70.5 Å². The van der Waals surface area contributed by atoms with E-state index in [0.29, 0.717) is 19.3 Å². The summed E-state index contributed by atoms with van der Waals surface area (Å²) in [6.45, 7) is 2.09. The minimum absolute atomic E-state index is 0.169. The van der Waals surface area contributed by atoms with E-state index in [1.807, 2.05) is 48.6 Å². The molecule has 0 aromatic rings. The number of carbonyl (C=O) groups is 1. The van der Waals surface area contributed by atoms with Gasteiger partial charge in [-0.15, -0.1) is 0 Å². The van der Waals surface area contributed by atoms with Gasteiger partial charge in [-0.1, -0.05) is 67.7 Å². The first-order valence-electron chi connectivity index (χ1n) is 9.40. The van der Waals surface area contributed by atoms with E-state index in [1.54, 1.807) is 0 Å². The van der Waals surface area contributed by atoms with Crippen molar-refractivity contribution in [2.75, 3.05) is 0 Å². The fraction of sp³-hybridized carbons (Fsp3) is 0.500. The predicted molar refractivity (Wildman–Crippen MR) is 108 cm³/mol. The zero-order chi connectivity index (χ0) is 19.5. The highest BCUT2D eigenvalue weighted by Gasteiger charge is 2.12. The molecule has 0 saturated heterocycles. The topological polar surface area (TPSA) is 77.8 Å². The van der Waals surface area contributed by atoms with Gasteiger partial charge in [-0.3, -0.25) is 4.79 Å². The summed E-state index contributed by atoms with van der Waals surface area (Å²) in [6, 6.07) is 0. The van der Waals surface area contributed by atoms with E-state index in [2.05, 4.69) is 19.1 Å². The Bertz CT molecular complexity index is 486. The van der Waals surface area contributed by atoms with Gasteiger partial charge in [-0.05, 0) is 44.9 Å². The first-order valence-corrected chi connectivity index (χ1v) is 9.40. The number of rotatable bonds is 15. The highest BCUT2D eigenvalue weighted by atomic mass is 16.4. The van der Waals surface area contributed by atoms with Crippen molar-refractivity contribution in [3.8, 4) is 0 Å². The van der Waals surface area contributed by atoms with Gasteiger partial charge in [-0.2, -0.15) is 0 Å². The Kier molecular flexibility index (Phi) is 16.6. The molecule has 4 nitrogen and oxygen atoms in total. The van der Waals surface area contributed by atoms with Crippen molar-refractivity contribution >= 4 is 5.97 Å². The van der Waals surface area contributed by atoms with Gasteiger partial charge in [-0.25, -0.2) is 0 Å². The first kappa shape index (κ1) is 24.1. The zero-order valence-electron chi connectivity index (χ0n) is 15.8. The molecule has 0 aliphatic carbocycles. The van der Waals surface area contributed by atoms with Crippen LogP contribution in [0.15, 0.2) is 60.8 Å². The maximum atomic E-state index is 10.3. The fourth-order valence-corrected chi connectivity index (χ4v) is 2.09. The molecule has 0 heterocycles. The Hall–Kier alpha value is -1.91. The molecule has 146 valence electrons. The average Bonchev–Trinajstić information content (AvgIpc) is 2.61. The molecule has 0 aliphatic heterocycles. The molecule has 0 spiro atoms. The highest BCUT2D eigenvalue weighted by molar-refractivity contribution is 5.66. The molecule has 26 heavy (non-hydrogen) atoms. The van der Waals surface area contributed by atoms with Gasteiger partial charge in [0.1, 0.15) is 0 Å². The molecule has 0 aromatic heterocycles. The number of aliphatic hydroxyl groups is 2. The quantitative estimate of drug-likeness (QED) is 0.369. The zero-order valence-corrected chi connectivity index (χ0v) is 15.8. The van der Waals surface area contributed by atoms with Crippen LogP contribution in [0.3, 0.4) is 0 Å². The monoisotopic (exact) mass is 362 g/mol. The van der Waals surface area contributed by atoms with Crippen LogP contribution in [0.5, 0.6) is 0 Å². The lowest BCUT2D eigenvalue weighted by Crippen LogP contribution is -2.24. The fourth-order valence-electron chi connectivity index (χ4n) is 2.09. The second-order valence-electron chi connectivity index (χ2n) is 6.01. The maximum absolute atomic E-state index is 10.3. The van der Waals surface area contributed by atoms with Crippen LogP contribution in [0.4, 0.5) is 0 Å². The van der Waals surface area contributed by atoms with E-state index in [0.717, 1.165) is 25.7 Å². The summed E-state index contributed by atoms with van der Waals surface area (Å²) in [7, 11) is 0. The van der Waals surface area contributed by atoms with E-state index < -0.39 is 18.2 Å². The highest BCUT2D eigenvalue weighted by Crippen LogP contribution is 2.06. The third-order valence-corrected chi connectivity index (χ3v) is 3.61. The summed E-state index contributed by atoms with van der Waals surface area (Å²) in [5, 5.41) is 28.3. The Morgan fingerprint density at radius 3 is 1.62 bits per heavy atom. The molecule has 2 atom stereocenters. The average molecular weight is 363 g/mol. The van der Waals surface area contributed by atoms with Gasteiger partial charge in [0, 0.05) is 6.42 Å². The van der Waals surface area contributed by atoms with E-state index in [4.69, 9.17) is 5.11 Å². The Balaban J connectivity index is 3.77. The molecule has 0 amide bonds. The number of aliphatic hydroxyl groups excluding tert-OH is 2. The van der Waals surface area contributed by atoms with E-state index >= 15 is 0 Å². The molecular weight excluding hydrogens is 328 g/mol. The van der Waals surface area contributed by atoms with Crippen molar-refractivity contribution in [1.29, 1.82) is 0 Å². The van der Waals surface area contributed by atoms with Crippen LogP contribution >= 0.6 is 0 Å². The normalized spacial score (nSPS) is 15.2. The number of hydrogen-bond acceptors (Lipinski definition) is 3. The smallest absolute Gasteiger partial charge is 0.303 e. The second-order valence-corrected chi connectivity index (χ2v) is 6.01. The molecule has 0 rings (SSSR count). The largest absolute Gasteiger partial charge is 0.481 e. The van der Waals surface area contributed by atoms with Crippen LogP contribution < -0.4 is 0 Å². The molecule has 0 saturated carbocycles. The predicted octanol–water partition coefficient (Wildman–Crippen LogP) is 4.71. The molecule has 0 fully saturated rings. The van der Waals surface area contributed by atoms with Gasteiger partial charge in [0.15, 0.2) is 0 Å². The standard InChI is InChI=1S/C22H34O4/c1-2-3-4-5-11-14-17-20(23)21(24)18-15-12-9-7-6-8-10-13-16-19-22(25)26/h3-4,6-7,10-15,20-21,23-24H,2,5,8-9,16-19H2,1H3,(H,25,26)/b4-3-,7-6-,13-10-,14-11-,15-12-/t20-,21-/m0/s1. The molecule has 4 heteroatoms. The molecule has 0 radical (unpaired) electrons. The van der Waals surface area contributed by atoms with Crippen LogP contribution in [0.1, 0.15) is 58.3 Å². The molecule has 0 aromatic carbocycles. The van der Waals surface area contributed by atoms with Gasteiger partial charge in [0.2, 0.25) is 0 Å². The molecule has 0 unspecified atom stereocenters. The van der Waals surface area contributed by atoms with Gasteiger partial charge < -0.3 is 15.3 Å². The van der Waals surface area contributed by atoms with E-state index in [9.17, 15) is 15.0 Å². The van der Waals surface area contributed by atoms with Crippen molar-refractivity contribution in [1.82, 2.24) is 0 Å². The number of carboxylic acid groups (broad SMARTS) is 1. The van der Waals surface area contributed by atoms with Crippen molar-refractivity contribution in [2.24, 2.45) is 0 Å². The number of allylic oxidation sites excluding steroid dienone is 8. The van der Waals surface area contributed by atoms with Crippen LogP contribution in [0, 0.1) is 0 Å². The van der Waals surface area contributed by atoms with Crippen LogP contribution in [-0.4, -0.2) is 33.5 Å². The lowest BCUT2D eigenvalue weighted by Gasteiger charge is -2.14. The second kappa shape index (κ2) is 17.9. The summed E-state index contributed by atoms with van der Waals surface area (Å²) in [5.41, 5.74) is 0. The Morgan fingerprint density at radius 2 is 1.15 bits per heavy atom. The van der Waals surface area contributed by atoms with Crippen molar-refractivity contribution < 1.29 is 20.1 Å². The van der Waals surface area contributed by atoms with Gasteiger partial charge in [0.25, 0.3) is 0 Å². The van der Waals surface area contributed by atoms with Crippen LogP contribution in [0.2, 0.25) is 0 Å². The minimum Gasteiger partial charge on any atom is -0.481 e. The molecule has 3 N–H and O–H groups in total. The summed E-state index contributed by atoms with van der Waals surface area (Å²) in [5.74, 6) is -0.775. The molecular formula is C22H34O4. The Morgan fingerprint density at radius 1 is 0.731 bits per heavy atom. The van der Waals surface area contributed by atoms with Crippen molar-refractivity contribution in [3.63, 3.8) is 0 Å². The van der Waals surface area contributed by atoms with E-state index in [1.165, 1.54) is 0 Å². The molecule has 0 bridgehead atoms. The lowest BCUT2D eigenvalue weighted by atomic mass is 10.1. The molecule has 0 aliphatic rings. The summed E-state index contributed by atoms with van der Waals surface area (Å²) in [4.78, 5) is 10.3. The lowest BCUT2D eigenvalue weighted by molar-refractivity contribution is -0.136. The third kappa shape index (κ3) is 16.9. The van der Waals surface area contributed by atoms with Gasteiger partial charge in [0.05, 0.1) is 12.2 Å². The third-order valence-electron chi connectivity index (χ3n) is 3.61.